The zero-order valence-electron chi connectivity index (χ0n) is 18.5. The normalized spacial score (nSPS) is 11.5. The Kier molecular flexibility index (Phi) is 7.22. The van der Waals surface area contributed by atoms with Crippen LogP contribution < -0.4 is 10.6 Å². The van der Waals surface area contributed by atoms with E-state index in [9.17, 15) is 19.7 Å². The minimum Gasteiger partial charge on any atom is -0.360 e. The molecule has 0 bridgehead atoms. The van der Waals surface area contributed by atoms with Crippen LogP contribution >= 0.6 is 11.8 Å². The van der Waals surface area contributed by atoms with Crippen LogP contribution in [0.25, 0.3) is 0 Å². The smallest absolute Gasteiger partial charge is 0.269 e. The van der Waals surface area contributed by atoms with Crippen LogP contribution in [0, 0.1) is 17.0 Å². The molecule has 1 aromatic heterocycles. The Labute approximate surface area is 204 Å². The number of hydrogen-bond donors (Lipinski definition) is 2. The Balaban J connectivity index is 1.45. The second-order valence-electron chi connectivity index (χ2n) is 7.50. The van der Waals surface area contributed by atoms with Gasteiger partial charge < -0.3 is 15.2 Å². The molecule has 2 N–H and O–H groups in total. The van der Waals surface area contributed by atoms with E-state index in [4.69, 9.17) is 4.52 Å². The van der Waals surface area contributed by atoms with Gasteiger partial charge in [0.05, 0.1) is 4.92 Å². The molecule has 35 heavy (non-hydrogen) atoms. The molecule has 0 radical (unpaired) electrons. The number of hydrogen-bond acceptors (Lipinski definition) is 7. The van der Waals surface area contributed by atoms with Crippen molar-refractivity contribution in [1.29, 1.82) is 0 Å². The molecule has 10 heteroatoms. The second-order valence-corrected chi connectivity index (χ2v) is 8.68. The Bertz CT molecular complexity index is 1340. The number of carbonyl (C=O) groups is 2. The zero-order valence-corrected chi connectivity index (χ0v) is 19.3. The number of benzene rings is 3. The van der Waals surface area contributed by atoms with Gasteiger partial charge in [0.15, 0.2) is 5.82 Å². The lowest BCUT2D eigenvalue weighted by atomic mass is 10.1. The fourth-order valence-electron chi connectivity index (χ4n) is 3.21. The SMILES string of the molecule is Cc1cc(NC(=O)C(Sc2ccc(NC(=O)c3ccc([N+](=O)[O-])cc3)cc2)c2ccccc2)no1. The van der Waals surface area contributed by atoms with Crippen molar-refractivity contribution in [2.75, 3.05) is 10.6 Å². The first-order valence-corrected chi connectivity index (χ1v) is 11.4. The van der Waals surface area contributed by atoms with E-state index in [-0.39, 0.29) is 17.5 Å². The summed E-state index contributed by atoms with van der Waals surface area (Å²) in [4.78, 5) is 36.6. The van der Waals surface area contributed by atoms with Gasteiger partial charge in [0.1, 0.15) is 11.0 Å². The topological polar surface area (TPSA) is 127 Å². The number of thioether (sulfide) groups is 1. The molecule has 9 nitrogen and oxygen atoms in total. The van der Waals surface area contributed by atoms with Crippen LogP contribution in [0.15, 0.2) is 94.3 Å². The molecule has 1 atom stereocenters. The van der Waals surface area contributed by atoms with E-state index >= 15 is 0 Å². The van der Waals surface area contributed by atoms with Gasteiger partial charge in [-0.2, -0.15) is 0 Å². The van der Waals surface area contributed by atoms with E-state index in [0.717, 1.165) is 10.5 Å². The van der Waals surface area contributed by atoms with Crippen molar-refractivity contribution in [1.82, 2.24) is 5.16 Å². The first-order valence-electron chi connectivity index (χ1n) is 10.5. The highest BCUT2D eigenvalue weighted by Gasteiger charge is 2.23. The quantitative estimate of drug-likeness (QED) is 0.187. The maximum Gasteiger partial charge on any atom is 0.269 e. The summed E-state index contributed by atoms with van der Waals surface area (Å²) in [6, 6.07) is 23.5. The summed E-state index contributed by atoms with van der Waals surface area (Å²) < 4.78 is 5.03. The first kappa shape index (κ1) is 23.7. The molecule has 2 amide bonds. The maximum atomic E-state index is 13.0. The molecular weight excluding hydrogens is 468 g/mol. The minimum absolute atomic E-state index is 0.0846. The van der Waals surface area contributed by atoms with Gasteiger partial charge in [-0.3, -0.25) is 19.7 Å². The lowest BCUT2D eigenvalue weighted by Gasteiger charge is -2.16. The van der Waals surface area contributed by atoms with Crippen molar-refractivity contribution in [3.8, 4) is 0 Å². The van der Waals surface area contributed by atoms with Crippen LogP contribution in [0.3, 0.4) is 0 Å². The van der Waals surface area contributed by atoms with E-state index in [2.05, 4.69) is 15.8 Å². The van der Waals surface area contributed by atoms with Crippen LogP contribution in [0.2, 0.25) is 0 Å². The fraction of sp³-hybridized carbons (Fsp3) is 0.0800. The molecule has 3 aromatic carbocycles. The minimum atomic E-state index is -0.547. The van der Waals surface area contributed by atoms with E-state index in [0.29, 0.717) is 22.8 Å². The van der Waals surface area contributed by atoms with E-state index in [1.807, 2.05) is 30.3 Å². The molecule has 4 rings (SSSR count). The van der Waals surface area contributed by atoms with E-state index in [1.165, 1.54) is 36.0 Å². The van der Waals surface area contributed by atoms with Crippen LogP contribution in [0.1, 0.15) is 26.9 Å². The molecular formula is C25H20N4O5S. The van der Waals surface area contributed by atoms with Crippen LogP contribution in [0.4, 0.5) is 17.2 Å². The van der Waals surface area contributed by atoms with Gasteiger partial charge in [0.2, 0.25) is 5.91 Å². The number of nitro groups is 1. The number of anilines is 2. The summed E-state index contributed by atoms with van der Waals surface area (Å²) in [5.41, 5.74) is 1.60. The third kappa shape index (κ3) is 6.12. The molecule has 0 saturated heterocycles. The lowest BCUT2D eigenvalue weighted by molar-refractivity contribution is -0.384. The van der Waals surface area contributed by atoms with Gasteiger partial charge in [0.25, 0.3) is 11.6 Å². The van der Waals surface area contributed by atoms with Crippen molar-refractivity contribution in [3.63, 3.8) is 0 Å². The molecule has 0 fully saturated rings. The average Bonchev–Trinajstić information content (AvgIpc) is 3.28. The highest BCUT2D eigenvalue weighted by atomic mass is 32.2. The van der Waals surface area contributed by atoms with E-state index < -0.39 is 10.2 Å². The fourth-order valence-corrected chi connectivity index (χ4v) is 4.23. The molecule has 176 valence electrons. The van der Waals surface area contributed by atoms with Crippen molar-refractivity contribution in [2.24, 2.45) is 0 Å². The van der Waals surface area contributed by atoms with Gasteiger partial charge in [-0.1, -0.05) is 35.5 Å². The molecule has 1 heterocycles. The number of amides is 2. The maximum absolute atomic E-state index is 13.0. The monoisotopic (exact) mass is 488 g/mol. The highest BCUT2D eigenvalue weighted by molar-refractivity contribution is 8.00. The summed E-state index contributed by atoms with van der Waals surface area (Å²) in [5.74, 6) is 0.309. The Morgan fingerprint density at radius 1 is 0.971 bits per heavy atom. The summed E-state index contributed by atoms with van der Waals surface area (Å²) in [5, 5.41) is 19.6. The van der Waals surface area contributed by atoms with E-state index in [1.54, 1.807) is 37.3 Å². The molecule has 1 unspecified atom stereocenters. The Morgan fingerprint density at radius 3 is 2.26 bits per heavy atom. The lowest BCUT2D eigenvalue weighted by Crippen LogP contribution is -2.19. The largest absolute Gasteiger partial charge is 0.360 e. The Morgan fingerprint density at radius 2 is 1.66 bits per heavy atom. The van der Waals surface area contributed by atoms with Crippen molar-refractivity contribution in [2.45, 2.75) is 17.1 Å². The van der Waals surface area contributed by atoms with Gasteiger partial charge in [-0.05, 0) is 48.9 Å². The second kappa shape index (κ2) is 10.7. The van der Waals surface area contributed by atoms with Crippen molar-refractivity contribution < 1.29 is 19.0 Å². The van der Waals surface area contributed by atoms with Crippen LogP contribution in [-0.4, -0.2) is 21.9 Å². The molecule has 0 aliphatic rings. The molecule has 4 aromatic rings. The number of nitrogens with one attached hydrogen (secondary N) is 2. The summed E-state index contributed by atoms with van der Waals surface area (Å²) in [6.45, 7) is 1.74. The van der Waals surface area contributed by atoms with Gasteiger partial charge in [0, 0.05) is 34.3 Å². The van der Waals surface area contributed by atoms with Gasteiger partial charge in [-0.15, -0.1) is 11.8 Å². The Hall–Kier alpha value is -4.44. The van der Waals surface area contributed by atoms with Crippen molar-refractivity contribution >= 4 is 40.8 Å². The predicted molar refractivity (Wildman–Crippen MR) is 132 cm³/mol. The van der Waals surface area contributed by atoms with Gasteiger partial charge >= 0.3 is 0 Å². The number of aryl methyl sites for hydroxylation is 1. The first-order chi connectivity index (χ1) is 16.9. The average molecular weight is 489 g/mol. The summed E-state index contributed by atoms with van der Waals surface area (Å²) >= 11 is 1.36. The number of nitrogens with zero attached hydrogens (tertiary/aromatic N) is 2. The standard InChI is InChI=1S/C25H20N4O5S/c1-16-15-22(28-34-16)27-25(31)23(17-5-3-2-4-6-17)35-21-13-9-19(10-14-21)26-24(30)18-7-11-20(12-8-18)29(32)33/h2-15,23H,1H3,(H,26,30)(H,27,28,31). The van der Waals surface area contributed by atoms with Crippen LogP contribution in [0.5, 0.6) is 0 Å². The summed E-state index contributed by atoms with van der Waals surface area (Å²) in [7, 11) is 0. The molecule has 0 saturated carbocycles. The molecule has 0 aliphatic carbocycles. The molecule has 0 spiro atoms. The van der Waals surface area contributed by atoms with Crippen LogP contribution in [-0.2, 0) is 4.79 Å². The number of aromatic nitrogens is 1. The number of non-ortho nitro benzene ring substituents is 1. The highest BCUT2D eigenvalue weighted by Crippen LogP contribution is 2.36. The number of rotatable bonds is 8. The van der Waals surface area contributed by atoms with Crippen molar-refractivity contribution in [3.05, 3.63) is 112 Å². The summed E-state index contributed by atoms with van der Waals surface area (Å²) in [6.07, 6.45) is 0. The predicted octanol–water partition coefficient (Wildman–Crippen LogP) is 5.62. The molecule has 0 aliphatic heterocycles. The van der Waals surface area contributed by atoms with Gasteiger partial charge in [-0.25, -0.2) is 0 Å². The number of carbonyl (C=O) groups excluding carboxylic acids is 2. The number of nitro benzene ring substituents is 1. The third-order valence-electron chi connectivity index (χ3n) is 4.93. The third-order valence-corrected chi connectivity index (χ3v) is 6.19. The zero-order chi connectivity index (χ0) is 24.8.